The van der Waals surface area contributed by atoms with E-state index in [0.717, 1.165) is 23.7 Å². The van der Waals surface area contributed by atoms with Crippen LogP contribution in [0.4, 0.5) is 0 Å². The van der Waals surface area contributed by atoms with E-state index in [1.165, 1.54) is 19.3 Å². The molecule has 1 fully saturated rings. The van der Waals surface area contributed by atoms with Gasteiger partial charge in [-0.1, -0.05) is 37.5 Å². The number of hydrogen-bond donors (Lipinski definition) is 2. The number of aromatic nitrogens is 1. The summed E-state index contributed by atoms with van der Waals surface area (Å²) in [6.45, 7) is 2.01. The highest BCUT2D eigenvalue weighted by molar-refractivity contribution is 6.45. The van der Waals surface area contributed by atoms with E-state index in [9.17, 15) is 9.59 Å². The standard InChI is InChI=1S/C18H22N2O2/c1-12(13-7-3-2-4-8-13)20-18(22)17(21)15-11-19-16-10-6-5-9-14(15)16/h5-6,9-13,19H,2-4,7-8H2,1H3,(H,20,22)/t12-/m1/s1. The van der Waals surface area contributed by atoms with Crippen LogP contribution in [0.1, 0.15) is 49.4 Å². The van der Waals surface area contributed by atoms with Gasteiger partial charge in [-0.15, -0.1) is 0 Å². The Kier molecular flexibility index (Phi) is 4.27. The molecule has 1 atom stereocenters. The Morgan fingerprint density at radius 3 is 2.68 bits per heavy atom. The van der Waals surface area contributed by atoms with Gasteiger partial charge >= 0.3 is 0 Å². The molecule has 1 aromatic heterocycles. The number of amides is 1. The van der Waals surface area contributed by atoms with E-state index in [0.29, 0.717) is 11.5 Å². The van der Waals surface area contributed by atoms with E-state index in [1.807, 2.05) is 31.2 Å². The number of fused-ring (bicyclic) bond motifs is 1. The Balaban J connectivity index is 1.70. The molecule has 0 saturated heterocycles. The zero-order valence-electron chi connectivity index (χ0n) is 12.9. The highest BCUT2D eigenvalue weighted by Crippen LogP contribution is 2.26. The highest BCUT2D eigenvalue weighted by atomic mass is 16.2. The van der Waals surface area contributed by atoms with Crippen LogP contribution in [0.25, 0.3) is 10.9 Å². The van der Waals surface area contributed by atoms with Crippen molar-refractivity contribution >= 4 is 22.6 Å². The molecule has 0 aliphatic heterocycles. The van der Waals surface area contributed by atoms with Gasteiger partial charge in [0.2, 0.25) is 0 Å². The van der Waals surface area contributed by atoms with Crippen molar-refractivity contribution in [3.8, 4) is 0 Å². The number of Topliss-reactive ketones (excluding diaryl/α,β-unsaturated/α-hetero) is 1. The maximum atomic E-state index is 12.4. The van der Waals surface area contributed by atoms with Crippen LogP contribution in [-0.4, -0.2) is 22.7 Å². The van der Waals surface area contributed by atoms with Crippen LogP contribution >= 0.6 is 0 Å². The van der Waals surface area contributed by atoms with E-state index < -0.39 is 11.7 Å². The van der Waals surface area contributed by atoms with Crippen LogP contribution < -0.4 is 5.32 Å². The van der Waals surface area contributed by atoms with Crippen molar-refractivity contribution in [2.45, 2.75) is 45.1 Å². The van der Waals surface area contributed by atoms with Gasteiger partial charge in [0.15, 0.2) is 0 Å². The number of para-hydroxylation sites is 1. The summed E-state index contributed by atoms with van der Waals surface area (Å²) in [4.78, 5) is 27.7. The summed E-state index contributed by atoms with van der Waals surface area (Å²) in [5, 5.41) is 3.70. The normalized spacial score (nSPS) is 17.3. The molecule has 4 nitrogen and oxygen atoms in total. The lowest BCUT2D eigenvalue weighted by Crippen LogP contribution is -2.42. The summed E-state index contributed by atoms with van der Waals surface area (Å²) in [5.74, 6) is -0.462. The van der Waals surface area contributed by atoms with Gasteiger partial charge in [-0.05, 0) is 31.7 Å². The van der Waals surface area contributed by atoms with Gasteiger partial charge in [-0.25, -0.2) is 0 Å². The first kappa shape index (κ1) is 14.8. The minimum Gasteiger partial charge on any atom is -0.360 e. The molecule has 0 bridgehead atoms. The fourth-order valence-electron chi connectivity index (χ4n) is 3.41. The lowest BCUT2D eigenvalue weighted by atomic mass is 9.84. The summed E-state index contributed by atoms with van der Waals surface area (Å²) >= 11 is 0. The van der Waals surface area contributed by atoms with Gasteiger partial charge in [0.05, 0.1) is 5.56 Å². The molecule has 3 rings (SSSR count). The molecule has 0 unspecified atom stereocenters. The van der Waals surface area contributed by atoms with Crippen LogP contribution in [-0.2, 0) is 4.79 Å². The van der Waals surface area contributed by atoms with Crippen LogP contribution in [0.2, 0.25) is 0 Å². The summed E-state index contributed by atoms with van der Waals surface area (Å²) in [5.41, 5.74) is 1.32. The average molecular weight is 298 g/mol. The van der Waals surface area contributed by atoms with Gasteiger partial charge in [0.25, 0.3) is 11.7 Å². The number of nitrogens with one attached hydrogen (secondary N) is 2. The zero-order valence-corrected chi connectivity index (χ0v) is 12.9. The minimum absolute atomic E-state index is 0.0574. The molecular formula is C18H22N2O2. The van der Waals surface area contributed by atoms with E-state index in [2.05, 4.69) is 10.3 Å². The summed E-state index contributed by atoms with van der Waals surface area (Å²) in [6.07, 6.45) is 7.64. The number of aromatic amines is 1. The van der Waals surface area contributed by atoms with Crippen molar-refractivity contribution < 1.29 is 9.59 Å². The summed E-state index contributed by atoms with van der Waals surface area (Å²) in [7, 11) is 0. The molecule has 1 aliphatic rings. The molecule has 0 radical (unpaired) electrons. The van der Waals surface area contributed by atoms with E-state index >= 15 is 0 Å². The van der Waals surface area contributed by atoms with Crippen molar-refractivity contribution in [3.63, 3.8) is 0 Å². The fraction of sp³-hybridized carbons (Fsp3) is 0.444. The lowest BCUT2D eigenvalue weighted by molar-refractivity contribution is -0.118. The maximum Gasteiger partial charge on any atom is 0.292 e. The first-order valence-corrected chi connectivity index (χ1v) is 8.08. The smallest absolute Gasteiger partial charge is 0.292 e. The van der Waals surface area contributed by atoms with Gasteiger partial charge in [-0.3, -0.25) is 9.59 Å². The van der Waals surface area contributed by atoms with Gasteiger partial charge < -0.3 is 10.3 Å². The lowest BCUT2D eigenvalue weighted by Gasteiger charge is -2.28. The molecule has 1 aliphatic carbocycles. The second kappa shape index (κ2) is 6.34. The Labute approximate surface area is 130 Å². The molecule has 116 valence electrons. The number of ketones is 1. The SMILES string of the molecule is C[C@@H](NC(=O)C(=O)c1c[nH]c2ccccc12)C1CCCCC1. The van der Waals surface area contributed by atoms with Crippen molar-refractivity contribution in [1.82, 2.24) is 10.3 Å². The molecule has 1 aromatic carbocycles. The van der Waals surface area contributed by atoms with E-state index in [1.54, 1.807) is 6.20 Å². The fourth-order valence-corrected chi connectivity index (χ4v) is 3.41. The number of benzene rings is 1. The van der Waals surface area contributed by atoms with Gasteiger partial charge in [0, 0.05) is 23.1 Å². The molecule has 2 N–H and O–H groups in total. The number of hydrogen-bond acceptors (Lipinski definition) is 2. The molecule has 1 heterocycles. The largest absolute Gasteiger partial charge is 0.360 e. The van der Waals surface area contributed by atoms with Crippen molar-refractivity contribution in [2.24, 2.45) is 5.92 Å². The maximum absolute atomic E-state index is 12.4. The van der Waals surface area contributed by atoms with Crippen LogP contribution in [0, 0.1) is 5.92 Å². The highest BCUT2D eigenvalue weighted by Gasteiger charge is 2.25. The van der Waals surface area contributed by atoms with Crippen LogP contribution in [0.5, 0.6) is 0 Å². The summed E-state index contributed by atoms with van der Waals surface area (Å²) in [6, 6.07) is 7.58. The Bertz CT molecular complexity index is 683. The predicted molar refractivity (Wildman–Crippen MR) is 86.8 cm³/mol. The zero-order chi connectivity index (χ0) is 15.5. The Hall–Kier alpha value is -2.10. The predicted octanol–water partition coefficient (Wildman–Crippen LogP) is 3.44. The van der Waals surface area contributed by atoms with Gasteiger partial charge in [-0.2, -0.15) is 0 Å². The number of rotatable bonds is 4. The molecule has 1 saturated carbocycles. The third-order valence-corrected chi connectivity index (χ3v) is 4.76. The van der Waals surface area contributed by atoms with E-state index in [4.69, 9.17) is 0 Å². The number of H-pyrrole nitrogens is 1. The van der Waals surface area contributed by atoms with Crippen molar-refractivity contribution in [2.75, 3.05) is 0 Å². The second-order valence-corrected chi connectivity index (χ2v) is 6.24. The van der Waals surface area contributed by atoms with Crippen molar-refractivity contribution in [3.05, 3.63) is 36.0 Å². The molecule has 0 spiro atoms. The third kappa shape index (κ3) is 2.91. The molecular weight excluding hydrogens is 276 g/mol. The monoisotopic (exact) mass is 298 g/mol. The first-order chi connectivity index (χ1) is 10.7. The molecule has 4 heteroatoms. The third-order valence-electron chi connectivity index (χ3n) is 4.76. The van der Waals surface area contributed by atoms with E-state index in [-0.39, 0.29) is 6.04 Å². The molecule has 1 amide bonds. The Morgan fingerprint density at radius 2 is 1.91 bits per heavy atom. The topological polar surface area (TPSA) is 62.0 Å². The number of carbonyl (C=O) groups excluding carboxylic acids is 2. The summed E-state index contributed by atoms with van der Waals surface area (Å²) < 4.78 is 0. The molecule has 22 heavy (non-hydrogen) atoms. The second-order valence-electron chi connectivity index (χ2n) is 6.24. The minimum atomic E-state index is -0.497. The molecule has 2 aromatic rings. The average Bonchev–Trinajstić information content (AvgIpc) is 2.99. The van der Waals surface area contributed by atoms with Crippen LogP contribution in [0.3, 0.4) is 0 Å². The quantitative estimate of drug-likeness (QED) is 0.671. The van der Waals surface area contributed by atoms with Crippen molar-refractivity contribution in [1.29, 1.82) is 0 Å². The van der Waals surface area contributed by atoms with Gasteiger partial charge in [0.1, 0.15) is 0 Å². The van der Waals surface area contributed by atoms with Crippen LogP contribution in [0.15, 0.2) is 30.5 Å². The Morgan fingerprint density at radius 1 is 1.18 bits per heavy atom. The first-order valence-electron chi connectivity index (χ1n) is 8.08. The number of carbonyl (C=O) groups is 2.